The zero-order valence-electron chi connectivity index (χ0n) is 11.8. The van der Waals surface area contributed by atoms with Gasteiger partial charge in [-0.2, -0.15) is 0 Å². The Bertz CT molecular complexity index is 588. The normalized spacial score (nSPS) is 10.6. The summed E-state index contributed by atoms with van der Waals surface area (Å²) in [5.74, 6) is 0.544. The third-order valence-corrected chi connectivity index (χ3v) is 3.14. The van der Waals surface area contributed by atoms with Gasteiger partial charge in [-0.15, -0.1) is 0 Å². The van der Waals surface area contributed by atoms with Gasteiger partial charge in [-0.3, -0.25) is 4.79 Å². The van der Waals surface area contributed by atoms with Gasteiger partial charge in [-0.1, -0.05) is 44.2 Å². The molecule has 2 N–H and O–H groups in total. The molecule has 3 nitrogen and oxygen atoms in total. The van der Waals surface area contributed by atoms with Crippen molar-refractivity contribution in [2.24, 2.45) is 0 Å². The van der Waals surface area contributed by atoms with Gasteiger partial charge in [0.2, 0.25) is 5.91 Å². The Labute approximate surface area is 119 Å². The minimum Gasteiger partial charge on any atom is -0.508 e. The van der Waals surface area contributed by atoms with Crippen molar-refractivity contribution in [3.63, 3.8) is 0 Å². The van der Waals surface area contributed by atoms with Crippen molar-refractivity contribution >= 4 is 11.6 Å². The van der Waals surface area contributed by atoms with Gasteiger partial charge in [0.25, 0.3) is 0 Å². The summed E-state index contributed by atoms with van der Waals surface area (Å²) in [6, 6.07) is 14.6. The molecule has 0 aliphatic carbocycles. The van der Waals surface area contributed by atoms with Crippen LogP contribution < -0.4 is 5.32 Å². The van der Waals surface area contributed by atoms with E-state index in [-0.39, 0.29) is 11.7 Å². The first-order valence-electron chi connectivity index (χ1n) is 6.72. The lowest BCUT2D eigenvalue weighted by atomic mass is 10.0. The van der Waals surface area contributed by atoms with Gasteiger partial charge in [0.15, 0.2) is 0 Å². The van der Waals surface area contributed by atoms with E-state index >= 15 is 0 Å². The van der Waals surface area contributed by atoms with Crippen LogP contribution in [-0.2, 0) is 11.2 Å². The van der Waals surface area contributed by atoms with Crippen molar-refractivity contribution < 1.29 is 9.90 Å². The zero-order valence-corrected chi connectivity index (χ0v) is 11.8. The number of benzene rings is 2. The summed E-state index contributed by atoms with van der Waals surface area (Å²) in [6.45, 7) is 4.28. The number of phenols is 1. The lowest BCUT2D eigenvalue weighted by Crippen LogP contribution is -2.14. The summed E-state index contributed by atoms with van der Waals surface area (Å²) >= 11 is 0. The minimum absolute atomic E-state index is 0.0899. The Morgan fingerprint density at radius 2 is 1.85 bits per heavy atom. The lowest BCUT2D eigenvalue weighted by molar-refractivity contribution is -0.115. The van der Waals surface area contributed by atoms with Crippen LogP contribution in [0.15, 0.2) is 48.5 Å². The molecule has 1 amide bonds. The molecule has 0 radical (unpaired) electrons. The predicted octanol–water partition coefficient (Wildman–Crippen LogP) is 3.70. The molecule has 2 aromatic rings. The number of amides is 1. The van der Waals surface area contributed by atoms with Crippen LogP contribution in [0, 0.1) is 0 Å². The van der Waals surface area contributed by atoms with E-state index in [1.54, 1.807) is 18.2 Å². The Hall–Kier alpha value is -2.29. The number of phenolic OH excluding ortho intramolecular Hbond substituents is 1. The molecule has 0 saturated heterocycles. The van der Waals surface area contributed by atoms with Gasteiger partial charge in [0, 0.05) is 11.8 Å². The van der Waals surface area contributed by atoms with Crippen LogP contribution in [0.25, 0.3) is 0 Å². The topological polar surface area (TPSA) is 49.3 Å². The average Bonchev–Trinajstić information content (AvgIpc) is 2.39. The van der Waals surface area contributed by atoms with Crippen LogP contribution in [0.5, 0.6) is 5.75 Å². The van der Waals surface area contributed by atoms with Crippen molar-refractivity contribution in [3.8, 4) is 5.75 Å². The number of rotatable bonds is 4. The second kappa shape index (κ2) is 6.24. The van der Waals surface area contributed by atoms with Crippen molar-refractivity contribution in [2.45, 2.75) is 26.2 Å². The summed E-state index contributed by atoms with van der Waals surface area (Å²) in [7, 11) is 0. The predicted molar refractivity (Wildman–Crippen MR) is 81.0 cm³/mol. The second-order valence-electron chi connectivity index (χ2n) is 5.17. The molecular weight excluding hydrogens is 250 g/mol. The molecule has 0 spiro atoms. The number of nitrogens with one attached hydrogen (secondary N) is 1. The van der Waals surface area contributed by atoms with Gasteiger partial charge in [-0.05, 0) is 29.2 Å². The third kappa shape index (κ3) is 3.85. The Kier molecular flexibility index (Phi) is 4.41. The molecule has 2 rings (SSSR count). The van der Waals surface area contributed by atoms with Crippen molar-refractivity contribution in [2.75, 3.05) is 5.32 Å². The van der Waals surface area contributed by atoms with Gasteiger partial charge in [0.05, 0.1) is 6.42 Å². The Morgan fingerprint density at radius 3 is 2.45 bits per heavy atom. The molecule has 0 aliphatic rings. The number of hydrogen-bond acceptors (Lipinski definition) is 2. The first-order valence-corrected chi connectivity index (χ1v) is 6.72. The maximum atomic E-state index is 11.9. The van der Waals surface area contributed by atoms with Crippen LogP contribution in [0.2, 0.25) is 0 Å². The highest BCUT2D eigenvalue weighted by atomic mass is 16.3. The number of carbonyl (C=O) groups excluding carboxylic acids is 1. The molecule has 0 saturated carbocycles. The van der Waals surface area contributed by atoms with Crippen molar-refractivity contribution in [1.29, 1.82) is 0 Å². The Morgan fingerprint density at radius 1 is 1.15 bits per heavy atom. The summed E-state index contributed by atoms with van der Waals surface area (Å²) in [4.78, 5) is 11.9. The molecule has 0 bridgehead atoms. The molecule has 3 heteroatoms. The number of anilines is 1. The van der Waals surface area contributed by atoms with E-state index in [0.29, 0.717) is 18.0 Å². The van der Waals surface area contributed by atoms with Gasteiger partial charge in [0.1, 0.15) is 5.75 Å². The van der Waals surface area contributed by atoms with E-state index in [4.69, 9.17) is 0 Å². The van der Waals surface area contributed by atoms with E-state index in [1.807, 2.05) is 12.1 Å². The fourth-order valence-electron chi connectivity index (χ4n) is 1.99. The van der Waals surface area contributed by atoms with E-state index < -0.39 is 0 Å². The summed E-state index contributed by atoms with van der Waals surface area (Å²) in [6.07, 6.45) is 0.327. The van der Waals surface area contributed by atoms with Crippen LogP contribution in [0.1, 0.15) is 30.9 Å². The quantitative estimate of drug-likeness (QED) is 0.889. The smallest absolute Gasteiger partial charge is 0.228 e. The number of carbonyl (C=O) groups is 1. The van der Waals surface area contributed by atoms with Gasteiger partial charge >= 0.3 is 0 Å². The van der Waals surface area contributed by atoms with Crippen LogP contribution in [0.3, 0.4) is 0 Å². The molecule has 2 aromatic carbocycles. The summed E-state index contributed by atoms with van der Waals surface area (Å²) in [5.41, 5.74) is 2.85. The highest BCUT2D eigenvalue weighted by Crippen LogP contribution is 2.17. The lowest BCUT2D eigenvalue weighted by Gasteiger charge is -2.08. The highest BCUT2D eigenvalue weighted by Gasteiger charge is 2.05. The van der Waals surface area contributed by atoms with Crippen LogP contribution in [0.4, 0.5) is 5.69 Å². The molecule has 20 heavy (non-hydrogen) atoms. The molecule has 104 valence electrons. The van der Waals surface area contributed by atoms with E-state index in [1.165, 1.54) is 11.6 Å². The fraction of sp³-hybridized carbons (Fsp3) is 0.235. The van der Waals surface area contributed by atoms with Crippen molar-refractivity contribution in [1.82, 2.24) is 0 Å². The first-order chi connectivity index (χ1) is 9.54. The molecule has 0 aromatic heterocycles. The molecule has 0 aliphatic heterocycles. The van der Waals surface area contributed by atoms with Crippen LogP contribution >= 0.6 is 0 Å². The minimum atomic E-state index is -0.0899. The third-order valence-electron chi connectivity index (χ3n) is 3.14. The number of hydrogen-bond donors (Lipinski definition) is 2. The second-order valence-corrected chi connectivity index (χ2v) is 5.17. The van der Waals surface area contributed by atoms with E-state index in [2.05, 4.69) is 31.3 Å². The Balaban J connectivity index is 1.97. The SMILES string of the molecule is CC(C)c1ccc(CC(=O)Nc2cccc(O)c2)cc1. The monoisotopic (exact) mass is 269 g/mol. The zero-order chi connectivity index (χ0) is 14.5. The molecule has 0 atom stereocenters. The standard InChI is InChI=1S/C17H19NO2/c1-12(2)14-8-6-13(7-9-14)10-17(20)18-15-4-3-5-16(19)11-15/h3-9,11-12,19H,10H2,1-2H3,(H,18,20). The fourth-order valence-corrected chi connectivity index (χ4v) is 1.99. The molecule has 0 fully saturated rings. The number of aromatic hydroxyl groups is 1. The summed E-state index contributed by atoms with van der Waals surface area (Å²) in [5, 5.41) is 12.1. The molecule has 0 heterocycles. The maximum absolute atomic E-state index is 11.9. The summed E-state index contributed by atoms with van der Waals surface area (Å²) < 4.78 is 0. The maximum Gasteiger partial charge on any atom is 0.228 e. The molecule has 0 unspecified atom stereocenters. The first kappa shape index (κ1) is 14.1. The van der Waals surface area contributed by atoms with E-state index in [0.717, 1.165) is 5.56 Å². The largest absolute Gasteiger partial charge is 0.508 e. The highest BCUT2D eigenvalue weighted by molar-refractivity contribution is 5.92. The molecular formula is C17H19NO2. The van der Waals surface area contributed by atoms with E-state index in [9.17, 15) is 9.90 Å². The average molecular weight is 269 g/mol. The van der Waals surface area contributed by atoms with Crippen LogP contribution in [-0.4, -0.2) is 11.0 Å². The van der Waals surface area contributed by atoms with Gasteiger partial charge in [-0.25, -0.2) is 0 Å². The van der Waals surface area contributed by atoms with Gasteiger partial charge < -0.3 is 10.4 Å². The van der Waals surface area contributed by atoms with Crippen molar-refractivity contribution in [3.05, 3.63) is 59.7 Å².